The van der Waals surface area contributed by atoms with Crippen LogP contribution in [0.15, 0.2) is 0 Å². The predicted molar refractivity (Wildman–Crippen MR) is 39.3 cm³/mol. The van der Waals surface area contributed by atoms with E-state index in [9.17, 15) is 4.79 Å². The van der Waals surface area contributed by atoms with Crippen molar-refractivity contribution in [3.05, 3.63) is 0 Å². The lowest BCUT2D eigenvalue weighted by Crippen LogP contribution is -2.30. The lowest BCUT2D eigenvalue weighted by molar-refractivity contribution is -0.127. The highest BCUT2D eigenvalue weighted by Crippen LogP contribution is 2.22. The van der Waals surface area contributed by atoms with Gasteiger partial charge in [0, 0.05) is 6.54 Å². The quantitative estimate of drug-likeness (QED) is 0.547. The van der Waals surface area contributed by atoms with Gasteiger partial charge >= 0.3 is 0 Å². The Morgan fingerprint density at radius 1 is 1.89 bits per heavy atom. The predicted octanol–water partition coefficient (Wildman–Crippen LogP) is 0.928. The van der Waals surface area contributed by atoms with Crippen molar-refractivity contribution in [1.29, 1.82) is 0 Å². The Morgan fingerprint density at radius 3 is 2.78 bits per heavy atom. The molecule has 0 N–H and O–H groups in total. The molecule has 0 aliphatic carbocycles. The molecule has 0 aromatic heterocycles. The normalized spacial score (nSPS) is 27.6. The summed E-state index contributed by atoms with van der Waals surface area (Å²) in [6.07, 6.45) is 0. The second-order valence-corrected chi connectivity index (χ2v) is 3.39. The molecule has 1 amide bonds. The number of carbonyl (C=O) groups is 1. The van der Waals surface area contributed by atoms with Crippen molar-refractivity contribution >= 4 is 17.7 Å². The van der Waals surface area contributed by atoms with Crippen molar-refractivity contribution in [2.45, 2.75) is 19.2 Å². The second-order valence-electron chi connectivity index (χ2n) is 2.09. The average Bonchev–Trinajstić information content (AvgIpc) is 2.12. The number of hydrogen-bond acceptors (Lipinski definition) is 2. The van der Waals surface area contributed by atoms with E-state index in [0.29, 0.717) is 11.1 Å². The third-order valence-corrected chi connectivity index (χ3v) is 2.70. The lowest BCUT2D eigenvalue weighted by Gasteiger charge is -2.17. The van der Waals surface area contributed by atoms with E-state index in [1.807, 2.05) is 11.8 Å². The van der Waals surface area contributed by atoms with Crippen LogP contribution in [-0.2, 0) is 4.79 Å². The molecule has 1 atom stereocenters. The summed E-state index contributed by atoms with van der Waals surface area (Å²) < 4.78 is 0. The molecule has 0 saturated carbocycles. The smallest absolute Gasteiger partial charge is 0.233 e. The van der Waals surface area contributed by atoms with Gasteiger partial charge in [0.1, 0.15) is 0 Å². The van der Waals surface area contributed by atoms with Gasteiger partial charge < -0.3 is 4.90 Å². The molecule has 1 saturated heterocycles. The average molecular weight is 145 g/mol. The summed E-state index contributed by atoms with van der Waals surface area (Å²) in [6, 6.07) is 0. The van der Waals surface area contributed by atoms with E-state index in [4.69, 9.17) is 0 Å². The van der Waals surface area contributed by atoms with Gasteiger partial charge in [0.15, 0.2) is 0 Å². The van der Waals surface area contributed by atoms with Gasteiger partial charge in [0.25, 0.3) is 0 Å². The van der Waals surface area contributed by atoms with Crippen LogP contribution in [0.2, 0.25) is 0 Å². The molecule has 0 bridgehead atoms. The number of thioether (sulfide) groups is 1. The van der Waals surface area contributed by atoms with Crippen molar-refractivity contribution in [3.8, 4) is 0 Å². The molecule has 1 rings (SSSR count). The van der Waals surface area contributed by atoms with Crippen molar-refractivity contribution in [1.82, 2.24) is 4.90 Å². The largest absolute Gasteiger partial charge is 0.331 e. The molecular formula is C6H11NOS. The first-order valence-electron chi connectivity index (χ1n) is 3.16. The first-order chi connectivity index (χ1) is 4.25. The Hall–Kier alpha value is -0.180. The van der Waals surface area contributed by atoms with Crippen LogP contribution in [0.5, 0.6) is 0 Å². The molecular weight excluding hydrogens is 134 g/mol. The van der Waals surface area contributed by atoms with Crippen molar-refractivity contribution < 1.29 is 4.79 Å². The van der Waals surface area contributed by atoms with Crippen molar-refractivity contribution in [3.63, 3.8) is 0 Å². The molecule has 1 aliphatic heterocycles. The summed E-state index contributed by atoms with van der Waals surface area (Å²) in [5.41, 5.74) is 0. The van der Waals surface area contributed by atoms with Crippen molar-refractivity contribution in [2.75, 3.05) is 12.3 Å². The number of rotatable bonds is 1. The maximum absolute atomic E-state index is 10.9. The molecule has 1 unspecified atom stereocenters. The van der Waals surface area contributed by atoms with Crippen LogP contribution < -0.4 is 0 Å². The summed E-state index contributed by atoms with van der Waals surface area (Å²) in [7, 11) is 0. The molecule has 0 radical (unpaired) electrons. The Morgan fingerprint density at radius 2 is 2.56 bits per heavy atom. The van der Waals surface area contributed by atoms with E-state index in [0.717, 1.165) is 6.54 Å². The van der Waals surface area contributed by atoms with Crippen molar-refractivity contribution in [2.24, 2.45) is 0 Å². The van der Waals surface area contributed by atoms with Crippen LogP contribution in [0.25, 0.3) is 0 Å². The monoisotopic (exact) mass is 145 g/mol. The highest BCUT2D eigenvalue weighted by atomic mass is 32.2. The number of amides is 1. The highest BCUT2D eigenvalue weighted by Gasteiger charge is 2.25. The standard InChI is InChI=1S/C6H11NOS/c1-3-7-5(2)9-4-6(7)8/h5H,3-4H2,1-2H3. The summed E-state index contributed by atoms with van der Waals surface area (Å²) in [5, 5.41) is 0.405. The number of hydrogen-bond donors (Lipinski definition) is 0. The second kappa shape index (κ2) is 2.60. The van der Waals surface area contributed by atoms with Gasteiger partial charge in [-0.05, 0) is 13.8 Å². The Labute approximate surface area is 59.6 Å². The van der Waals surface area contributed by atoms with E-state index < -0.39 is 0 Å². The van der Waals surface area contributed by atoms with E-state index in [2.05, 4.69) is 6.92 Å². The minimum atomic E-state index is 0.287. The fourth-order valence-corrected chi connectivity index (χ4v) is 2.00. The van der Waals surface area contributed by atoms with E-state index in [-0.39, 0.29) is 5.91 Å². The minimum absolute atomic E-state index is 0.287. The number of nitrogens with zero attached hydrogens (tertiary/aromatic N) is 1. The zero-order valence-corrected chi connectivity index (χ0v) is 6.57. The molecule has 9 heavy (non-hydrogen) atoms. The van der Waals surface area contributed by atoms with Gasteiger partial charge in [-0.2, -0.15) is 0 Å². The van der Waals surface area contributed by atoms with Gasteiger partial charge in [0.2, 0.25) is 5.91 Å². The first-order valence-corrected chi connectivity index (χ1v) is 4.21. The van der Waals surface area contributed by atoms with E-state index in [1.165, 1.54) is 0 Å². The maximum Gasteiger partial charge on any atom is 0.233 e. The molecule has 1 heterocycles. The Bertz CT molecular complexity index is 126. The molecule has 1 aliphatic rings. The summed E-state index contributed by atoms with van der Waals surface area (Å²) in [5.74, 6) is 0.963. The third-order valence-electron chi connectivity index (χ3n) is 1.55. The topological polar surface area (TPSA) is 20.3 Å². The summed E-state index contributed by atoms with van der Waals surface area (Å²) >= 11 is 1.71. The SMILES string of the molecule is CCN1C(=O)CSC1C. The molecule has 0 spiro atoms. The Balaban J connectivity index is 2.55. The molecule has 0 aromatic rings. The lowest BCUT2D eigenvalue weighted by atomic mass is 10.5. The zero-order chi connectivity index (χ0) is 6.85. The van der Waals surface area contributed by atoms with Crippen LogP contribution >= 0.6 is 11.8 Å². The number of carbonyl (C=O) groups excluding carboxylic acids is 1. The van der Waals surface area contributed by atoms with Crippen LogP contribution in [0.4, 0.5) is 0 Å². The third kappa shape index (κ3) is 1.21. The first kappa shape index (κ1) is 6.93. The van der Waals surface area contributed by atoms with Crippen LogP contribution in [-0.4, -0.2) is 28.5 Å². The van der Waals surface area contributed by atoms with Gasteiger partial charge in [-0.1, -0.05) is 0 Å². The molecule has 3 heteroatoms. The van der Waals surface area contributed by atoms with Gasteiger partial charge in [-0.25, -0.2) is 0 Å². The molecule has 1 fully saturated rings. The molecule has 0 aromatic carbocycles. The molecule has 2 nitrogen and oxygen atoms in total. The maximum atomic E-state index is 10.9. The van der Waals surface area contributed by atoms with Gasteiger partial charge in [-0.15, -0.1) is 11.8 Å². The van der Waals surface area contributed by atoms with Crippen LogP contribution in [0.3, 0.4) is 0 Å². The molecule has 52 valence electrons. The minimum Gasteiger partial charge on any atom is -0.331 e. The summed E-state index contributed by atoms with van der Waals surface area (Å²) in [6.45, 7) is 4.94. The Kier molecular flexibility index (Phi) is 2.01. The van der Waals surface area contributed by atoms with Crippen LogP contribution in [0, 0.1) is 0 Å². The van der Waals surface area contributed by atoms with E-state index >= 15 is 0 Å². The van der Waals surface area contributed by atoms with E-state index in [1.54, 1.807) is 11.8 Å². The summed E-state index contributed by atoms with van der Waals surface area (Å²) in [4.78, 5) is 12.8. The van der Waals surface area contributed by atoms with Gasteiger partial charge in [-0.3, -0.25) is 4.79 Å². The fraction of sp³-hybridized carbons (Fsp3) is 0.833. The zero-order valence-electron chi connectivity index (χ0n) is 5.76. The highest BCUT2D eigenvalue weighted by molar-refractivity contribution is 8.00. The van der Waals surface area contributed by atoms with Crippen LogP contribution in [0.1, 0.15) is 13.8 Å². The fourth-order valence-electron chi connectivity index (χ4n) is 1.00. The van der Waals surface area contributed by atoms with Gasteiger partial charge in [0.05, 0.1) is 11.1 Å².